The van der Waals surface area contributed by atoms with Crippen LogP contribution in [0.3, 0.4) is 0 Å². The molecule has 0 radical (unpaired) electrons. The second kappa shape index (κ2) is 15.6. The van der Waals surface area contributed by atoms with Crippen LogP contribution < -0.4 is 0 Å². The minimum absolute atomic E-state index is 0.0499. The minimum atomic E-state index is -4.73. The molecule has 9 aromatic carbocycles. The van der Waals surface area contributed by atoms with Gasteiger partial charge in [0.15, 0.2) is 5.69 Å². The van der Waals surface area contributed by atoms with Gasteiger partial charge in [-0.15, -0.1) is 0 Å². The first-order valence-electron chi connectivity index (χ1n) is 21.6. The van der Waals surface area contributed by atoms with Crippen LogP contribution in [0, 0.1) is 31.8 Å². The Bertz CT molecular complexity index is 3840. The Kier molecular flexibility index (Phi) is 9.46. The van der Waals surface area contributed by atoms with Gasteiger partial charge in [-0.25, -0.2) is 4.85 Å². The largest absolute Gasteiger partial charge is 0.415 e. The second-order valence-corrected chi connectivity index (χ2v) is 16.8. The zero-order valence-electron chi connectivity index (χ0n) is 35.8. The van der Waals surface area contributed by atoms with Crippen molar-refractivity contribution >= 4 is 49.3 Å². The van der Waals surface area contributed by atoms with E-state index < -0.39 is 11.7 Å². The van der Waals surface area contributed by atoms with Crippen LogP contribution in [0.15, 0.2) is 188 Å². The van der Waals surface area contributed by atoms with Crippen molar-refractivity contribution in [1.82, 2.24) is 9.13 Å². The van der Waals surface area contributed by atoms with Crippen molar-refractivity contribution in [1.29, 1.82) is 5.26 Å². The van der Waals surface area contributed by atoms with Gasteiger partial charge >= 0.3 is 6.18 Å². The molecule has 2 aromatic heterocycles. The molecule has 11 rings (SSSR count). The van der Waals surface area contributed by atoms with Gasteiger partial charge in [-0.3, -0.25) is 0 Å². The number of fused-ring (bicyclic) bond motifs is 6. The molecule has 0 atom stereocenters. The highest BCUT2D eigenvalue weighted by molar-refractivity contribution is 6.13. The normalized spacial score (nSPS) is 11.7. The summed E-state index contributed by atoms with van der Waals surface area (Å²) in [7, 11) is 0. The predicted molar refractivity (Wildman–Crippen MR) is 262 cm³/mol. The molecule has 66 heavy (non-hydrogen) atoms. The van der Waals surface area contributed by atoms with Gasteiger partial charge in [-0.2, -0.15) is 18.4 Å². The fourth-order valence-corrected chi connectivity index (χ4v) is 9.53. The van der Waals surface area contributed by atoms with E-state index in [1.807, 2.05) is 48.5 Å². The van der Waals surface area contributed by atoms with Crippen LogP contribution >= 0.6 is 0 Å². The molecule has 7 heteroatoms. The SMILES string of the molecule is [C-]#[N+]c1ccc(-c2ccc(-n3c4ccccc4c4cc(-c5ccc(C)cc5)ccc43)c(-c3cc(C#N)ccc3-n3c4ccccc4c4cc(-c5ccc(C)cc5)ccc43)c2)c(C(F)(F)F)c1. The van der Waals surface area contributed by atoms with Crippen LogP contribution in [0.4, 0.5) is 18.9 Å². The van der Waals surface area contributed by atoms with Crippen LogP contribution in [0.25, 0.3) is 104 Å². The Hall–Kier alpha value is -8.65. The van der Waals surface area contributed by atoms with E-state index in [9.17, 15) is 18.4 Å². The molecular formula is C59H37F3N4. The molecule has 2 heterocycles. The van der Waals surface area contributed by atoms with Crippen molar-refractivity contribution in [2.45, 2.75) is 20.0 Å². The summed E-state index contributed by atoms with van der Waals surface area (Å²) < 4.78 is 49.2. The number of halogens is 3. The zero-order chi connectivity index (χ0) is 45.3. The van der Waals surface area contributed by atoms with E-state index >= 15 is 0 Å². The predicted octanol–water partition coefficient (Wildman–Crippen LogP) is 16.6. The van der Waals surface area contributed by atoms with Crippen molar-refractivity contribution in [2.75, 3.05) is 0 Å². The summed E-state index contributed by atoms with van der Waals surface area (Å²) in [4.78, 5) is 3.33. The van der Waals surface area contributed by atoms with E-state index in [2.05, 4.69) is 143 Å². The second-order valence-electron chi connectivity index (χ2n) is 16.8. The van der Waals surface area contributed by atoms with Crippen molar-refractivity contribution < 1.29 is 13.2 Å². The van der Waals surface area contributed by atoms with Gasteiger partial charge in [-0.1, -0.05) is 126 Å². The molecule has 0 saturated heterocycles. The standard InChI is InChI=1S/C59H37F3N4/c1-36-12-17-39(18-13-36)41-21-27-56-49(31-41)46-8-4-6-10-53(46)65(56)55-26-16-38(35-63)30-48(55)51-33-43(45-25-24-44(64-3)34-52(45)59(60,61)62)23-29-58(51)66-54-11-7-5-9-47(54)50-32-42(22-28-57(50)66)40-19-14-37(2)15-20-40/h4-34H,1-2H3. The average Bonchev–Trinajstić information content (AvgIpc) is 3.85. The molecule has 0 amide bonds. The molecule has 4 nitrogen and oxygen atoms in total. The van der Waals surface area contributed by atoms with E-state index in [0.717, 1.165) is 83.3 Å². The molecule has 0 aliphatic carbocycles. The van der Waals surface area contributed by atoms with Crippen LogP contribution in [-0.4, -0.2) is 9.13 Å². The van der Waals surface area contributed by atoms with E-state index in [4.69, 9.17) is 6.57 Å². The first-order chi connectivity index (χ1) is 32.1. The summed E-state index contributed by atoms with van der Waals surface area (Å²) in [5, 5.41) is 14.6. The van der Waals surface area contributed by atoms with Gasteiger partial charge in [0.05, 0.1) is 57.2 Å². The molecule has 314 valence electrons. The van der Waals surface area contributed by atoms with Gasteiger partial charge in [-0.05, 0) is 120 Å². The highest BCUT2D eigenvalue weighted by atomic mass is 19.4. The quantitative estimate of drug-likeness (QED) is 0.154. The minimum Gasteiger partial charge on any atom is -0.309 e. The monoisotopic (exact) mass is 858 g/mol. The van der Waals surface area contributed by atoms with E-state index in [1.54, 1.807) is 12.1 Å². The number of nitrogens with zero attached hydrogens (tertiary/aromatic N) is 4. The highest BCUT2D eigenvalue weighted by Crippen LogP contribution is 2.46. The number of benzene rings is 9. The number of aromatic nitrogens is 2. The van der Waals surface area contributed by atoms with Gasteiger partial charge in [0, 0.05) is 32.7 Å². The molecule has 0 aliphatic rings. The number of aryl methyl sites for hydroxylation is 2. The number of alkyl halides is 3. The van der Waals surface area contributed by atoms with Crippen molar-refractivity contribution in [2.24, 2.45) is 0 Å². The number of hydrogen-bond acceptors (Lipinski definition) is 1. The lowest BCUT2D eigenvalue weighted by atomic mass is 9.92. The molecular weight excluding hydrogens is 822 g/mol. The van der Waals surface area contributed by atoms with Crippen molar-refractivity contribution in [3.05, 3.63) is 222 Å². The van der Waals surface area contributed by atoms with E-state index in [0.29, 0.717) is 22.3 Å². The maximum absolute atomic E-state index is 15.0. The molecule has 11 aromatic rings. The van der Waals surface area contributed by atoms with Crippen molar-refractivity contribution in [3.63, 3.8) is 0 Å². The molecule has 0 saturated carbocycles. The summed E-state index contributed by atoms with van der Waals surface area (Å²) in [5.41, 5.74) is 12.8. The molecule has 0 unspecified atom stereocenters. The number of hydrogen-bond donors (Lipinski definition) is 0. The summed E-state index contributed by atoms with van der Waals surface area (Å²) in [5.74, 6) is 0. The lowest BCUT2D eigenvalue weighted by molar-refractivity contribution is -0.137. The number of para-hydroxylation sites is 2. The van der Waals surface area contributed by atoms with Crippen LogP contribution in [0.1, 0.15) is 22.3 Å². The maximum atomic E-state index is 15.0. The van der Waals surface area contributed by atoms with Gasteiger partial charge in [0.2, 0.25) is 0 Å². The highest BCUT2D eigenvalue weighted by Gasteiger charge is 2.34. The van der Waals surface area contributed by atoms with E-state index in [-0.39, 0.29) is 11.3 Å². The number of nitriles is 1. The Morgan fingerprint density at radius 2 is 0.924 bits per heavy atom. The molecule has 0 aliphatic heterocycles. The fourth-order valence-electron chi connectivity index (χ4n) is 9.53. The summed E-state index contributed by atoms with van der Waals surface area (Å²) in [6.45, 7) is 11.6. The third-order valence-corrected chi connectivity index (χ3v) is 12.8. The first kappa shape index (κ1) is 40.1. The van der Waals surface area contributed by atoms with E-state index in [1.165, 1.54) is 23.3 Å². The van der Waals surface area contributed by atoms with Crippen LogP contribution in [0.5, 0.6) is 0 Å². The Morgan fingerprint density at radius 1 is 0.455 bits per heavy atom. The third-order valence-electron chi connectivity index (χ3n) is 12.8. The Labute approximate surface area is 379 Å². The summed E-state index contributed by atoms with van der Waals surface area (Å²) >= 11 is 0. The smallest absolute Gasteiger partial charge is 0.309 e. The first-order valence-corrected chi connectivity index (χ1v) is 21.6. The number of rotatable bonds is 6. The van der Waals surface area contributed by atoms with Crippen molar-refractivity contribution in [3.8, 4) is 62.0 Å². The third kappa shape index (κ3) is 6.69. The topological polar surface area (TPSA) is 38.0 Å². The summed E-state index contributed by atoms with van der Waals surface area (Å²) in [6, 6.07) is 63.2. The lowest BCUT2D eigenvalue weighted by Crippen LogP contribution is -2.07. The summed E-state index contributed by atoms with van der Waals surface area (Å²) in [6.07, 6.45) is -4.73. The van der Waals surface area contributed by atoms with Gasteiger partial charge < -0.3 is 9.13 Å². The van der Waals surface area contributed by atoms with Crippen LogP contribution in [0.2, 0.25) is 0 Å². The average molecular weight is 859 g/mol. The Balaban J connectivity index is 1.22. The zero-order valence-corrected chi connectivity index (χ0v) is 35.8. The molecule has 0 spiro atoms. The fraction of sp³-hybridized carbons (Fsp3) is 0.0508. The van der Waals surface area contributed by atoms with Gasteiger partial charge in [0.25, 0.3) is 0 Å². The maximum Gasteiger partial charge on any atom is 0.415 e. The van der Waals surface area contributed by atoms with Gasteiger partial charge in [0.1, 0.15) is 0 Å². The molecule has 0 fully saturated rings. The molecule has 0 N–H and O–H groups in total. The molecule has 0 bridgehead atoms. The van der Waals surface area contributed by atoms with Crippen LogP contribution in [-0.2, 0) is 6.18 Å². The Morgan fingerprint density at radius 3 is 1.44 bits per heavy atom. The lowest BCUT2D eigenvalue weighted by Gasteiger charge is -2.21.